The van der Waals surface area contributed by atoms with Crippen LogP contribution in [0.1, 0.15) is 25.0 Å². The van der Waals surface area contributed by atoms with Gasteiger partial charge < -0.3 is 9.47 Å². The zero-order chi connectivity index (χ0) is 35.5. The molecule has 0 aliphatic heterocycles. The van der Waals surface area contributed by atoms with Crippen molar-refractivity contribution in [3.8, 4) is 39.1 Å². The van der Waals surface area contributed by atoms with Crippen LogP contribution in [0, 0.1) is 0 Å². The van der Waals surface area contributed by atoms with Crippen LogP contribution in [0.4, 0.5) is 17.1 Å². The molecule has 252 valence electrons. The molecule has 0 N–H and O–H groups in total. The van der Waals surface area contributed by atoms with Gasteiger partial charge in [-0.25, -0.2) is 0 Å². The van der Waals surface area contributed by atoms with Crippen molar-refractivity contribution in [2.24, 2.45) is 0 Å². The Morgan fingerprint density at radius 3 is 1.72 bits per heavy atom. The van der Waals surface area contributed by atoms with E-state index >= 15 is 0 Å². The predicted octanol–water partition coefficient (Wildman–Crippen LogP) is 13.9. The summed E-state index contributed by atoms with van der Waals surface area (Å²) in [7, 11) is 0. The van der Waals surface area contributed by atoms with Crippen LogP contribution in [0.5, 0.6) is 0 Å². The summed E-state index contributed by atoms with van der Waals surface area (Å²) in [6.07, 6.45) is 0. The van der Waals surface area contributed by atoms with Crippen molar-refractivity contribution in [3.05, 3.63) is 205 Å². The SMILES string of the molecule is CC1(C)c2ccccc2-c2ccc(N(c3ccc(-c4ccccc4)cc3)c3ccc4c5ccccc5n(-c5ccccc5-c5ccccc5)c4c3)cc21. The van der Waals surface area contributed by atoms with Gasteiger partial charge in [0.2, 0.25) is 0 Å². The van der Waals surface area contributed by atoms with Gasteiger partial charge in [0, 0.05) is 38.8 Å². The fourth-order valence-corrected chi connectivity index (χ4v) is 8.60. The van der Waals surface area contributed by atoms with Crippen LogP contribution in [-0.4, -0.2) is 4.57 Å². The summed E-state index contributed by atoms with van der Waals surface area (Å²) in [6.45, 7) is 4.71. The lowest BCUT2D eigenvalue weighted by Gasteiger charge is -2.28. The minimum Gasteiger partial charge on any atom is -0.310 e. The number of anilines is 3. The summed E-state index contributed by atoms with van der Waals surface area (Å²) in [5.41, 5.74) is 17.0. The molecule has 0 radical (unpaired) electrons. The second-order valence-corrected chi connectivity index (χ2v) is 14.6. The average Bonchev–Trinajstić information content (AvgIpc) is 3.66. The number of rotatable bonds is 6. The van der Waals surface area contributed by atoms with Gasteiger partial charge in [-0.2, -0.15) is 0 Å². The minimum atomic E-state index is -0.109. The molecule has 0 unspecified atom stereocenters. The molecule has 0 spiro atoms. The van der Waals surface area contributed by atoms with Crippen LogP contribution in [0.15, 0.2) is 194 Å². The molecule has 0 amide bonds. The van der Waals surface area contributed by atoms with Gasteiger partial charge >= 0.3 is 0 Å². The Labute approximate surface area is 310 Å². The van der Waals surface area contributed by atoms with Gasteiger partial charge in [-0.15, -0.1) is 0 Å². The van der Waals surface area contributed by atoms with Crippen LogP contribution < -0.4 is 4.90 Å². The highest BCUT2D eigenvalue weighted by molar-refractivity contribution is 6.11. The molecule has 1 aromatic heterocycles. The zero-order valence-corrected chi connectivity index (χ0v) is 29.9. The number of hydrogen-bond acceptors (Lipinski definition) is 1. The summed E-state index contributed by atoms with van der Waals surface area (Å²) >= 11 is 0. The molecule has 0 saturated carbocycles. The number of benzene rings is 8. The van der Waals surface area contributed by atoms with Crippen molar-refractivity contribution >= 4 is 38.9 Å². The van der Waals surface area contributed by atoms with E-state index in [1.165, 1.54) is 66.3 Å². The van der Waals surface area contributed by atoms with Crippen molar-refractivity contribution in [3.63, 3.8) is 0 Å². The Kier molecular flexibility index (Phi) is 7.19. The summed E-state index contributed by atoms with van der Waals surface area (Å²) in [5.74, 6) is 0. The second-order valence-electron chi connectivity index (χ2n) is 14.6. The fourth-order valence-electron chi connectivity index (χ4n) is 8.60. The first kappa shape index (κ1) is 31.1. The highest BCUT2D eigenvalue weighted by Gasteiger charge is 2.35. The summed E-state index contributed by atoms with van der Waals surface area (Å²) in [5, 5.41) is 2.48. The van der Waals surface area contributed by atoms with Crippen molar-refractivity contribution < 1.29 is 0 Å². The van der Waals surface area contributed by atoms with Gasteiger partial charge in [0.1, 0.15) is 0 Å². The van der Waals surface area contributed by atoms with Gasteiger partial charge in [0.05, 0.1) is 16.7 Å². The summed E-state index contributed by atoms with van der Waals surface area (Å²) in [4.78, 5) is 2.43. The molecule has 0 atom stereocenters. The number of aromatic nitrogens is 1. The molecular formula is C51H38N2. The molecule has 1 aliphatic carbocycles. The lowest BCUT2D eigenvalue weighted by atomic mass is 9.82. The zero-order valence-electron chi connectivity index (χ0n) is 29.9. The maximum absolute atomic E-state index is 2.45. The molecule has 9 aromatic rings. The summed E-state index contributed by atoms with van der Waals surface area (Å²) in [6, 6.07) is 70.8. The molecular weight excluding hydrogens is 641 g/mol. The first-order valence-corrected chi connectivity index (χ1v) is 18.4. The molecule has 2 heteroatoms. The monoisotopic (exact) mass is 678 g/mol. The van der Waals surface area contributed by atoms with Gasteiger partial charge in [-0.1, -0.05) is 159 Å². The van der Waals surface area contributed by atoms with Crippen LogP contribution in [0.2, 0.25) is 0 Å². The molecule has 2 nitrogen and oxygen atoms in total. The Morgan fingerprint density at radius 1 is 0.377 bits per heavy atom. The normalized spacial score (nSPS) is 12.9. The highest BCUT2D eigenvalue weighted by Crippen LogP contribution is 2.51. The van der Waals surface area contributed by atoms with Gasteiger partial charge in [0.25, 0.3) is 0 Å². The van der Waals surface area contributed by atoms with Crippen molar-refractivity contribution in [2.75, 3.05) is 4.90 Å². The van der Waals surface area contributed by atoms with E-state index < -0.39 is 0 Å². The average molecular weight is 679 g/mol. The molecule has 10 rings (SSSR count). The molecule has 0 saturated heterocycles. The van der Waals surface area contributed by atoms with E-state index in [2.05, 4.69) is 217 Å². The van der Waals surface area contributed by atoms with E-state index in [1.54, 1.807) is 0 Å². The van der Waals surface area contributed by atoms with E-state index in [4.69, 9.17) is 0 Å². The minimum absolute atomic E-state index is 0.109. The quantitative estimate of drug-likeness (QED) is 0.170. The van der Waals surface area contributed by atoms with Gasteiger partial charge in [-0.05, 0) is 87.5 Å². The van der Waals surface area contributed by atoms with Crippen LogP contribution in [0.25, 0.3) is 60.9 Å². The van der Waals surface area contributed by atoms with Crippen molar-refractivity contribution in [2.45, 2.75) is 19.3 Å². The van der Waals surface area contributed by atoms with Gasteiger partial charge in [-0.3, -0.25) is 0 Å². The molecule has 8 aromatic carbocycles. The van der Waals surface area contributed by atoms with E-state index in [0.29, 0.717) is 0 Å². The first-order valence-electron chi connectivity index (χ1n) is 18.4. The molecule has 53 heavy (non-hydrogen) atoms. The number of nitrogens with zero attached hydrogens (tertiary/aromatic N) is 2. The van der Waals surface area contributed by atoms with E-state index in [9.17, 15) is 0 Å². The second kappa shape index (κ2) is 12.3. The maximum Gasteiger partial charge on any atom is 0.0562 e. The van der Waals surface area contributed by atoms with Crippen molar-refractivity contribution in [1.82, 2.24) is 4.57 Å². The third kappa shape index (κ3) is 5.02. The standard InChI is InChI=1S/C51H38N2/c1-51(2)46-22-12-9-20-42(46)43-31-29-39(33-47(43)51)52(38-27-25-36(26-28-38)35-15-5-3-6-16-35)40-30-32-45-44-21-11-14-24-49(44)53(50(45)34-40)48-23-13-10-19-41(48)37-17-7-4-8-18-37/h3-34H,1-2H3. The number of para-hydroxylation sites is 2. The fraction of sp³-hybridized carbons (Fsp3) is 0.0588. The molecule has 0 fully saturated rings. The number of hydrogen-bond donors (Lipinski definition) is 0. The summed E-state index contributed by atoms with van der Waals surface area (Å²) < 4.78 is 2.45. The third-order valence-electron chi connectivity index (χ3n) is 11.2. The smallest absolute Gasteiger partial charge is 0.0562 e. The molecule has 1 aliphatic rings. The van der Waals surface area contributed by atoms with Crippen LogP contribution in [0.3, 0.4) is 0 Å². The Morgan fingerprint density at radius 2 is 0.925 bits per heavy atom. The highest BCUT2D eigenvalue weighted by atomic mass is 15.1. The molecule has 1 heterocycles. The Hall–Kier alpha value is -6.64. The van der Waals surface area contributed by atoms with Crippen LogP contribution in [-0.2, 0) is 5.41 Å². The largest absolute Gasteiger partial charge is 0.310 e. The van der Waals surface area contributed by atoms with E-state index in [1.807, 2.05) is 0 Å². The lowest BCUT2D eigenvalue weighted by molar-refractivity contribution is 0.660. The third-order valence-corrected chi connectivity index (χ3v) is 11.2. The van der Waals surface area contributed by atoms with Gasteiger partial charge in [0.15, 0.2) is 0 Å². The van der Waals surface area contributed by atoms with Crippen LogP contribution >= 0.6 is 0 Å². The Bertz CT molecular complexity index is 2790. The molecule has 0 bridgehead atoms. The maximum atomic E-state index is 2.45. The van der Waals surface area contributed by atoms with Crippen molar-refractivity contribution in [1.29, 1.82) is 0 Å². The van der Waals surface area contributed by atoms with E-state index in [-0.39, 0.29) is 5.41 Å². The Balaban J connectivity index is 1.20. The predicted molar refractivity (Wildman–Crippen MR) is 224 cm³/mol. The van der Waals surface area contributed by atoms with E-state index in [0.717, 1.165) is 22.7 Å². The number of fused-ring (bicyclic) bond motifs is 6. The lowest BCUT2D eigenvalue weighted by Crippen LogP contribution is -2.16. The topological polar surface area (TPSA) is 8.17 Å². The first-order chi connectivity index (χ1) is 26.1.